The number of phenolic OH excluding ortho intramolecular Hbond substituents is 1. The van der Waals surface area contributed by atoms with E-state index in [1.54, 1.807) is 0 Å². The first-order chi connectivity index (χ1) is 31.5. The molecule has 0 bridgehead atoms. The van der Waals surface area contributed by atoms with Gasteiger partial charge in [-0.3, -0.25) is 27.7 Å². The largest absolute Gasteiger partial charge is 2.00 e. The van der Waals surface area contributed by atoms with E-state index < -0.39 is 137 Å². The van der Waals surface area contributed by atoms with E-state index in [0.29, 0.717) is 18.2 Å². The number of aromatic hydroxyl groups is 1. The van der Waals surface area contributed by atoms with Gasteiger partial charge in [0.25, 0.3) is 50.6 Å². The molecule has 7 aromatic rings. The van der Waals surface area contributed by atoms with Crippen molar-refractivity contribution in [2.45, 2.75) is 24.5 Å². The molecule has 1 aromatic heterocycles. The summed E-state index contributed by atoms with van der Waals surface area (Å²) in [5.41, 5.74) is -4.62. The Hall–Kier alpha value is -6.59. The van der Waals surface area contributed by atoms with Crippen LogP contribution in [0.5, 0.6) is 17.2 Å². The molecule has 363 valence electrons. The second kappa shape index (κ2) is 18.7. The van der Waals surface area contributed by atoms with Crippen molar-refractivity contribution in [1.82, 2.24) is 15.0 Å². The van der Waals surface area contributed by atoms with Crippen LogP contribution >= 0.6 is 11.6 Å². The molecule has 1 heterocycles. The Morgan fingerprint density at radius 1 is 0.536 bits per heavy atom. The third-order valence-corrected chi connectivity index (χ3v) is 13.6. The van der Waals surface area contributed by atoms with Gasteiger partial charge in [-0.25, -0.2) is 9.98 Å². The maximum Gasteiger partial charge on any atom is 2.00 e. The van der Waals surface area contributed by atoms with E-state index in [0.717, 1.165) is 54.6 Å². The van der Waals surface area contributed by atoms with Crippen molar-refractivity contribution in [3.05, 3.63) is 101 Å². The molecule has 0 atom stereocenters. The topological polar surface area (TPSA) is 457 Å². The van der Waals surface area contributed by atoms with E-state index in [-0.39, 0.29) is 45.0 Å². The van der Waals surface area contributed by atoms with Gasteiger partial charge >= 0.3 is 17.1 Å². The van der Waals surface area contributed by atoms with Crippen molar-refractivity contribution in [3.63, 3.8) is 0 Å². The van der Waals surface area contributed by atoms with Crippen LogP contribution < -0.4 is 21.4 Å². The monoisotopic (exact) mass is 1110 g/mol. The molecule has 6 aromatic carbocycles. The summed E-state index contributed by atoms with van der Waals surface area (Å²) in [5.74, 6) is -3.67. The van der Waals surface area contributed by atoms with E-state index in [1.165, 1.54) is 12.1 Å². The fourth-order valence-electron chi connectivity index (χ4n) is 6.18. The van der Waals surface area contributed by atoms with Crippen LogP contribution in [0, 0.1) is 0 Å². The molecule has 7 rings (SSSR count). The molecule has 0 aliphatic rings. The number of benzene rings is 6. The molecule has 0 saturated carbocycles. The number of hydrogen-bond acceptors (Lipinski definition) is 20. The third-order valence-electron chi connectivity index (χ3n) is 9.01. The number of aromatic amines is 2. The Bertz CT molecular complexity index is 4130. The van der Waals surface area contributed by atoms with E-state index in [9.17, 15) is 80.2 Å². The number of rotatable bonds is 11. The summed E-state index contributed by atoms with van der Waals surface area (Å²) in [7, 11) is -25.8. The average Bonchev–Trinajstić information content (AvgIpc) is 3.21. The molecule has 0 fully saturated rings. The van der Waals surface area contributed by atoms with Gasteiger partial charge in [0.1, 0.15) is 31.0 Å². The second-order valence-electron chi connectivity index (χ2n) is 13.5. The van der Waals surface area contributed by atoms with Gasteiger partial charge in [0.2, 0.25) is 16.5 Å². The molecule has 34 heteroatoms. The number of fused-ring (bicyclic) bond motifs is 2. The Kier molecular flexibility index (Phi) is 14.1. The minimum Gasteiger partial charge on any atom is -0.871 e. The number of hydrogen-bond donors (Lipinski definition) is 8. The number of azo groups is 2. The Labute approximate surface area is 401 Å². The number of phenols is 1. The number of aromatic nitrogens is 3. The van der Waals surface area contributed by atoms with Crippen LogP contribution in [-0.4, -0.2) is 84.9 Å². The normalized spacial score (nSPS) is 13.5. The van der Waals surface area contributed by atoms with Crippen molar-refractivity contribution < 1.29 is 97.2 Å². The molecule has 0 amide bonds. The molecule has 8 N–H and O–H groups in total. The van der Waals surface area contributed by atoms with Crippen LogP contribution in [0.2, 0.25) is 5.28 Å². The van der Waals surface area contributed by atoms with Crippen molar-refractivity contribution in [1.29, 1.82) is 0 Å². The first kappa shape index (κ1) is 51.8. The molecule has 27 nitrogen and oxygen atoms in total. The molecular weight excluding hydrogens is 1090 g/mol. The number of nitrogens with zero attached hydrogens (tertiary/aromatic N) is 7. The minimum atomic E-state index is -5.53. The van der Waals surface area contributed by atoms with Gasteiger partial charge in [-0.05, 0) is 71.6 Å². The van der Waals surface area contributed by atoms with Gasteiger partial charge in [-0.1, -0.05) is 41.8 Å². The zero-order valence-electron chi connectivity index (χ0n) is 33.0. The molecule has 0 unspecified atom stereocenters. The first-order valence-corrected chi connectivity index (χ1v) is 25.3. The van der Waals surface area contributed by atoms with E-state index in [1.807, 2.05) is 0 Å². The third kappa shape index (κ3) is 11.2. The van der Waals surface area contributed by atoms with Gasteiger partial charge in [-0.2, -0.15) is 52.2 Å². The molecule has 0 aliphatic carbocycles. The van der Waals surface area contributed by atoms with E-state index in [2.05, 4.69) is 45.4 Å². The minimum absolute atomic E-state index is 0. The zero-order valence-corrected chi connectivity index (χ0v) is 38.8. The summed E-state index contributed by atoms with van der Waals surface area (Å²) >= 11 is 6.05. The average molecular weight is 1120 g/mol. The molecule has 0 saturated heterocycles. The van der Waals surface area contributed by atoms with Crippen LogP contribution in [0.1, 0.15) is 0 Å². The van der Waals surface area contributed by atoms with Crippen LogP contribution in [0.25, 0.3) is 21.5 Å². The predicted octanol–water partition coefficient (Wildman–Crippen LogP) is 4.08. The van der Waals surface area contributed by atoms with Gasteiger partial charge in [-0.15, -0.1) is 15.3 Å². The van der Waals surface area contributed by atoms with Crippen molar-refractivity contribution in [2.24, 2.45) is 30.4 Å². The quantitative estimate of drug-likeness (QED) is 0.0514. The molecule has 0 aliphatic heterocycles. The van der Waals surface area contributed by atoms with Gasteiger partial charge < -0.3 is 20.3 Å². The fraction of sp³-hybridized carbons (Fsp3) is 0. The van der Waals surface area contributed by atoms with Crippen LogP contribution in [0.3, 0.4) is 0 Å². The molecular formula is C35H22ClCuN9O18S5. The van der Waals surface area contributed by atoms with E-state index >= 15 is 0 Å². The Morgan fingerprint density at radius 3 is 1.78 bits per heavy atom. The summed E-state index contributed by atoms with van der Waals surface area (Å²) in [4.78, 5) is 12.2. The van der Waals surface area contributed by atoms with Crippen LogP contribution in [-0.2, 0) is 67.7 Å². The summed E-state index contributed by atoms with van der Waals surface area (Å²) < 4.78 is 172. The molecule has 69 heavy (non-hydrogen) atoms. The first-order valence-electron chi connectivity index (χ1n) is 17.7. The van der Waals surface area contributed by atoms with Crippen LogP contribution in [0.15, 0.2) is 140 Å². The maximum absolute atomic E-state index is 13.8. The number of H-pyrrole nitrogens is 2. The summed E-state index contributed by atoms with van der Waals surface area (Å²) in [5, 5.41) is 49.3. The zero-order chi connectivity index (χ0) is 49.9. The second-order valence-corrected chi connectivity index (χ2v) is 20.8. The summed E-state index contributed by atoms with van der Waals surface area (Å²) in [6.45, 7) is 0. The summed E-state index contributed by atoms with van der Waals surface area (Å²) in [6, 6.07) is 12.7. The molecule has 0 spiro atoms. The summed E-state index contributed by atoms with van der Waals surface area (Å²) in [6.07, 6.45) is 0. The van der Waals surface area contributed by atoms with Crippen molar-refractivity contribution in [2.75, 3.05) is 0 Å². The molecule has 1 radical (unpaired) electrons. The smallest absolute Gasteiger partial charge is 0.871 e. The number of halogens is 1. The maximum atomic E-state index is 13.8. The van der Waals surface area contributed by atoms with Crippen molar-refractivity contribution >= 4 is 118 Å². The Morgan fingerprint density at radius 2 is 1.14 bits per heavy atom. The van der Waals surface area contributed by atoms with Gasteiger partial charge in [0.15, 0.2) is 5.75 Å². The predicted molar refractivity (Wildman–Crippen MR) is 227 cm³/mol. The van der Waals surface area contributed by atoms with E-state index in [4.69, 9.17) is 11.6 Å². The number of nitrogens with one attached hydrogen (secondary N) is 2. The van der Waals surface area contributed by atoms with Gasteiger partial charge in [0, 0.05) is 16.2 Å². The van der Waals surface area contributed by atoms with Crippen molar-refractivity contribution in [3.8, 4) is 17.2 Å². The van der Waals surface area contributed by atoms with Crippen LogP contribution in [0.4, 0.5) is 34.1 Å². The van der Waals surface area contributed by atoms with Gasteiger partial charge in [0.05, 0.1) is 27.6 Å². The standard InChI is InChI=1S/C35H24ClN9O18S5.Cu/c36-33-39-34(37-15-3-1-4-17(11-15)64(49,50)51)41-35(40-33)38-16-7-9-21(26(12-16)67(58,59)60)42-45-30-27(68(61,62)63)13-20-18(31(30)47)8-10-23(46)29(20)44-43-22-14-25(66(55,56)57)19-5-2-6-24(65(52,53)54)28(19)32(22)48;/h1-14,46-48H,(H,49,50,51)(H,52,53,54)(H,55,56,57)(H,58,59,60)(H,61,62,63)(H2,37,38,39,40,41);/q;+2/p-2. The fourth-order valence-corrected chi connectivity index (χ4v) is 9.58. The SMILES string of the molecule is O=S(=O)(O)c1cccc(N=c2nc(Cl)[nH]c(=Nc3ccc(N=Nc4c(S(=O)(=O)O)cc5c(N=Nc6cc(S(=O)(=O)O)c7cccc(S(=O)(=O)O)c7c6O)c([O-])ccc5c4[O-])c(S(=O)(=O)O)c3)[nH]2)c1.[Cu+2]. The Balaban J connectivity index is 0.00000782.